The van der Waals surface area contributed by atoms with Gasteiger partial charge in [0.2, 0.25) is 17.6 Å². The number of hydrogen-bond acceptors (Lipinski definition) is 3. The molecule has 1 atom stereocenters. The molecule has 2 rings (SSSR count). The summed E-state index contributed by atoms with van der Waals surface area (Å²) in [5.74, 6) is -12.3. The standard InChI is InChI=1S/C18H19F5N2O3/c19-13-10(14(20)16(22)17(23)15(13)21)5-6-12(27)24-11(9-26)18(28)25-7-3-1-2-4-8-25/h5-6,11,26H,1-4,7-9H2,(H,24,27). The van der Waals surface area contributed by atoms with E-state index in [0.29, 0.717) is 25.2 Å². The van der Waals surface area contributed by atoms with Crippen LogP contribution in [0.25, 0.3) is 6.08 Å². The van der Waals surface area contributed by atoms with E-state index in [1.54, 1.807) is 0 Å². The zero-order valence-corrected chi connectivity index (χ0v) is 14.8. The van der Waals surface area contributed by atoms with E-state index < -0.39 is 59.1 Å². The van der Waals surface area contributed by atoms with Crippen LogP contribution in [0.1, 0.15) is 31.2 Å². The van der Waals surface area contributed by atoms with Crippen LogP contribution < -0.4 is 5.32 Å². The van der Waals surface area contributed by atoms with Gasteiger partial charge in [0.05, 0.1) is 12.2 Å². The molecule has 5 nitrogen and oxygen atoms in total. The summed E-state index contributed by atoms with van der Waals surface area (Å²) in [6.07, 6.45) is 4.44. The molecule has 1 saturated heterocycles. The third-order valence-electron chi connectivity index (χ3n) is 4.36. The highest BCUT2D eigenvalue weighted by atomic mass is 19.2. The van der Waals surface area contributed by atoms with Crippen molar-refractivity contribution in [1.82, 2.24) is 10.2 Å². The number of carbonyl (C=O) groups excluding carboxylic acids is 2. The van der Waals surface area contributed by atoms with Gasteiger partial charge in [-0.25, -0.2) is 22.0 Å². The minimum atomic E-state index is -2.31. The highest BCUT2D eigenvalue weighted by Crippen LogP contribution is 2.23. The molecule has 2 amide bonds. The van der Waals surface area contributed by atoms with Crippen molar-refractivity contribution in [2.75, 3.05) is 19.7 Å². The van der Waals surface area contributed by atoms with E-state index in [1.165, 1.54) is 4.90 Å². The molecule has 10 heteroatoms. The van der Waals surface area contributed by atoms with Gasteiger partial charge in [-0.2, -0.15) is 0 Å². The summed E-state index contributed by atoms with van der Waals surface area (Å²) in [5.41, 5.74) is -1.29. The highest BCUT2D eigenvalue weighted by Gasteiger charge is 2.26. The largest absolute Gasteiger partial charge is 0.394 e. The van der Waals surface area contributed by atoms with E-state index in [-0.39, 0.29) is 0 Å². The first-order chi connectivity index (χ1) is 13.3. The van der Waals surface area contributed by atoms with Gasteiger partial charge in [0.15, 0.2) is 23.3 Å². The lowest BCUT2D eigenvalue weighted by atomic mass is 10.1. The molecule has 1 fully saturated rings. The number of halogens is 5. The van der Waals surface area contributed by atoms with Gasteiger partial charge in [-0.1, -0.05) is 12.8 Å². The highest BCUT2D eigenvalue weighted by molar-refractivity contribution is 5.95. The molecule has 2 N–H and O–H groups in total. The minimum absolute atomic E-state index is 0.413. The quantitative estimate of drug-likeness (QED) is 0.341. The predicted molar refractivity (Wildman–Crippen MR) is 89.3 cm³/mol. The molecule has 1 unspecified atom stereocenters. The predicted octanol–water partition coefficient (Wildman–Crippen LogP) is 2.28. The Hall–Kier alpha value is -2.49. The van der Waals surface area contributed by atoms with Gasteiger partial charge in [-0.15, -0.1) is 0 Å². The maximum atomic E-state index is 13.6. The van der Waals surface area contributed by atoms with Crippen LogP contribution in [0.15, 0.2) is 6.08 Å². The Morgan fingerprint density at radius 1 is 0.929 bits per heavy atom. The molecular formula is C18H19F5N2O3. The molecule has 0 aromatic heterocycles. The monoisotopic (exact) mass is 406 g/mol. The Morgan fingerprint density at radius 3 is 1.93 bits per heavy atom. The zero-order chi connectivity index (χ0) is 20.8. The molecule has 0 saturated carbocycles. The van der Waals surface area contributed by atoms with Crippen molar-refractivity contribution in [1.29, 1.82) is 0 Å². The van der Waals surface area contributed by atoms with Crippen molar-refractivity contribution in [2.24, 2.45) is 0 Å². The number of nitrogens with zero attached hydrogens (tertiary/aromatic N) is 1. The number of aliphatic hydroxyl groups excluding tert-OH is 1. The van der Waals surface area contributed by atoms with Crippen molar-refractivity contribution in [3.05, 3.63) is 40.7 Å². The van der Waals surface area contributed by atoms with Gasteiger partial charge in [0.1, 0.15) is 6.04 Å². The first-order valence-electron chi connectivity index (χ1n) is 8.67. The van der Waals surface area contributed by atoms with Crippen LogP contribution in [0.2, 0.25) is 0 Å². The van der Waals surface area contributed by atoms with E-state index in [1.807, 2.05) is 0 Å². The molecule has 0 spiro atoms. The summed E-state index contributed by atoms with van der Waals surface area (Å²) >= 11 is 0. The van der Waals surface area contributed by atoms with Crippen LogP contribution in [-0.2, 0) is 9.59 Å². The molecule has 1 aromatic rings. The molecule has 0 radical (unpaired) electrons. The number of carbonyl (C=O) groups is 2. The summed E-state index contributed by atoms with van der Waals surface area (Å²) in [7, 11) is 0. The van der Waals surface area contributed by atoms with Gasteiger partial charge in [-0.05, 0) is 18.9 Å². The first-order valence-corrected chi connectivity index (χ1v) is 8.67. The lowest BCUT2D eigenvalue weighted by Crippen LogP contribution is -2.50. The van der Waals surface area contributed by atoms with Gasteiger partial charge >= 0.3 is 0 Å². The Labute approximate surface area is 157 Å². The molecule has 1 aromatic carbocycles. The van der Waals surface area contributed by atoms with E-state index in [2.05, 4.69) is 5.32 Å². The normalized spacial score (nSPS) is 16.1. The Bertz CT molecular complexity index is 748. The topological polar surface area (TPSA) is 69.6 Å². The SMILES string of the molecule is O=C(C=Cc1c(F)c(F)c(F)c(F)c1F)NC(CO)C(=O)N1CCCCCC1. The molecule has 1 aliphatic heterocycles. The van der Waals surface area contributed by atoms with E-state index in [9.17, 15) is 36.6 Å². The van der Waals surface area contributed by atoms with Crippen LogP contribution in [0, 0.1) is 29.1 Å². The summed E-state index contributed by atoms with van der Waals surface area (Å²) in [6.45, 7) is 0.245. The molecule has 1 heterocycles. The summed E-state index contributed by atoms with van der Waals surface area (Å²) in [5, 5.41) is 11.5. The van der Waals surface area contributed by atoms with Gasteiger partial charge in [0, 0.05) is 19.2 Å². The Balaban J connectivity index is 2.11. The summed E-state index contributed by atoms with van der Waals surface area (Å²) in [4.78, 5) is 25.8. The Morgan fingerprint density at radius 2 is 1.43 bits per heavy atom. The number of amides is 2. The molecule has 154 valence electrons. The maximum absolute atomic E-state index is 13.6. The molecule has 1 aliphatic rings. The zero-order valence-electron chi connectivity index (χ0n) is 14.8. The average Bonchev–Trinajstić information content (AvgIpc) is 2.98. The average molecular weight is 406 g/mol. The fourth-order valence-electron chi connectivity index (χ4n) is 2.84. The molecular weight excluding hydrogens is 387 g/mol. The number of aliphatic hydroxyl groups is 1. The van der Waals surface area contributed by atoms with Crippen molar-refractivity contribution >= 4 is 17.9 Å². The Kier molecular flexibility index (Phi) is 7.50. The molecule has 0 aliphatic carbocycles. The van der Waals surface area contributed by atoms with Gasteiger partial charge in [-0.3, -0.25) is 9.59 Å². The van der Waals surface area contributed by atoms with Crippen molar-refractivity contribution in [3.8, 4) is 0 Å². The summed E-state index contributed by atoms with van der Waals surface area (Å²) in [6, 6.07) is -1.29. The smallest absolute Gasteiger partial charge is 0.247 e. The van der Waals surface area contributed by atoms with Crippen LogP contribution in [0.3, 0.4) is 0 Å². The van der Waals surface area contributed by atoms with Crippen LogP contribution >= 0.6 is 0 Å². The number of hydrogen-bond donors (Lipinski definition) is 2. The van der Waals surface area contributed by atoms with E-state index >= 15 is 0 Å². The third kappa shape index (κ3) is 4.86. The fraction of sp³-hybridized carbons (Fsp3) is 0.444. The summed E-state index contributed by atoms with van der Waals surface area (Å²) < 4.78 is 66.5. The van der Waals surface area contributed by atoms with Crippen LogP contribution in [-0.4, -0.2) is 47.6 Å². The fourth-order valence-corrected chi connectivity index (χ4v) is 2.84. The van der Waals surface area contributed by atoms with Gasteiger partial charge in [0.25, 0.3) is 0 Å². The van der Waals surface area contributed by atoms with Crippen LogP contribution in [0.4, 0.5) is 22.0 Å². The van der Waals surface area contributed by atoms with E-state index in [4.69, 9.17) is 0 Å². The second-order valence-corrected chi connectivity index (χ2v) is 6.30. The van der Waals surface area contributed by atoms with Crippen molar-refractivity contribution in [3.63, 3.8) is 0 Å². The number of benzene rings is 1. The second kappa shape index (κ2) is 9.63. The minimum Gasteiger partial charge on any atom is -0.394 e. The molecule has 28 heavy (non-hydrogen) atoms. The number of likely N-dealkylation sites (tertiary alicyclic amines) is 1. The molecule has 0 bridgehead atoms. The number of nitrogens with one attached hydrogen (secondary N) is 1. The van der Waals surface area contributed by atoms with E-state index in [0.717, 1.165) is 25.7 Å². The maximum Gasteiger partial charge on any atom is 0.247 e. The lowest BCUT2D eigenvalue weighted by Gasteiger charge is -2.25. The first kappa shape index (κ1) is 21.8. The number of rotatable bonds is 5. The van der Waals surface area contributed by atoms with Crippen molar-refractivity contribution in [2.45, 2.75) is 31.7 Å². The van der Waals surface area contributed by atoms with Gasteiger partial charge < -0.3 is 15.3 Å². The third-order valence-corrected chi connectivity index (χ3v) is 4.36. The van der Waals surface area contributed by atoms with Crippen molar-refractivity contribution < 1.29 is 36.6 Å². The van der Waals surface area contributed by atoms with Crippen LogP contribution in [0.5, 0.6) is 0 Å². The second-order valence-electron chi connectivity index (χ2n) is 6.30. The lowest BCUT2D eigenvalue weighted by molar-refractivity contribution is -0.136.